The number of methoxy groups -OCH3 is 1. The van der Waals surface area contributed by atoms with Gasteiger partial charge in [0.05, 0.1) is 7.11 Å². The molecule has 0 unspecified atom stereocenters. The van der Waals surface area contributed by atoms with Gasteiger partial charge in [-0.1, -0.05) is 19.9 Å². The Morgan fingerprint density at radius 2 is 2.12 bits per heavy atom. The number of ether oxygens (including phenoxy) is 2. The molecule has 1 atom stereocenters. The first kappa shape index (κ1) is 12.2. The second kappa shape index (κ2) is 4.57. The third kappa shape index (κ3) is 2.12. The molecule has 1 aromatic rings. The fraction of sp³-hybridized carbons (Fsp3) is 0.571. The predicted octanol–water partition coefficient (Wildman–Crippen LogP) is 3.04. The SMILES string of the molecule is CCC1(CC)C[C@@H](N)c2ccc(OC)cc2O1. The Hall–Kier alpha value is -1.22. The van der Waals surface area contributed by atoms with Gasteiger partial charge in [-0.15, -0.1) is 0 Å². The summed E-state index contributed by atoms with van der Waals surface area (Å²) in [6, 6.07) is 5.94. The average molecular weight is 235 g/mol. The number of hydrogen-bond acceptors (Lipinski definition) is 3. The zero-order valence-corrected chi connectivity index (χ0v) is 10.8. The molecule has 94 valence electrons. The average Bonchev–Trinajstić information content (AvgIpc) is 2.37. The highest BCUT2D eigenvalue weighted by atomic mass is 16.5. The summed E-state index contributed by atoms with van der Waals surface area (Å²) in [5, 5.41) is 0. The summed E-state index contributed by atoms with van der Waals surface area (Å²) in [5.41, 5.74) is 7.22. The molecule has 0 amide bonds. The van der Waals surface area contributed by atoms with E-state index in [1.165, 1.54) is 0 Å². The number of hydrogen-bond donors (Lipinski definition) is 1. The molecule has 1 aromatic carbocycles. The van der Waals surface area contributed by atoms with Gasteiger partial charge in [0, 0.05) is 24.1 Å². The van der Waals surface area contributed by atoms with Gasteiger partial charge in [0.2, 0.25) is 0 Å². The first-order chi connectivity index (χ1) is 8.14. The Morgan fingerprint density at radius 1 is 1.41 bits per heavy atom. The normalized spacial score (nSPS) is 21.5. The second-order valence-electron chi connectivity index (χ2n) is 4.71. The van der Waals surface area contributed by atoms with Crippen molar-refractivity contribution in [3.63, 3.8) is 0 Å². The highest BCUT2D eigenvalue weighted by molar-refractivity contribution is 5.44. The monoisotopic (exact) mass is 235 g/mol. The van der Waals surface area contributed by atoms with Crippen molar-refractivity contribution < 1.29 is 9.47 Å². The van der Waals surface area contributed by atoms with Gasteiger partial charge in [-0.2, -0.15) is 0 Å². The lowest BCUT2D eigenvalue weighted by Crippen LogP contribution is -2.41. The molecule has 17 heavy (non-hydrogen) atoms. The molecule has 3 heteroatoms. The van der Waals surface area contributed by atoms with Crippen LogP contribution in [0.1, 0.15) is 44.7 Å². The maximum atomic E-state index is 6.24. The van der Waals surface area contributed by atoms with E-state index < -0.39 is 0 Å². The lowest BCUT2D eigenvalue weighted by Gasteiger charge is -2.40. The summed E-state index contributed by atoms with van der Waals surface area (Å²) in [5.74, 6) is 1.70. The molecule has 0 spiro atoms. The van der Waals surface area contributed by atoms with Crippen LogP contribution >= 0.6 is 0 Å². The van der Waals surface area contributed by atoms with Crippen molar-refractivity contribution in [2.24, 2.45) is 5.73 Å². The highest BCUT2D eigenvalue weighted by Gasteiger charge is 2.37. The third-order valence-corrected chi connectivity index (χ3v) is 3.83. The molecule has 1 aliphatic heterocycles. The van der Waals surface area contributed by atoms with Crippen LogP contribution in [0.4, 0.5) is 0 Å². The number of benzene rings is 1. The standard InChI is InChI=1S/C14H21NO2/c1-4-14(5-2)9-12(15)11-7-6-10(16-3)8-13(11)17-14/h6-8,12H,4-5,9,15H2,1-3H3/t12-/m1/s1. The molecule has 2 rings (SSSR count). The molecular weight excluding hydrogens is 214 g/mol. The molecule has 1 heterocycles. The van der Waals surface area contributed by atoms with Crippen molar-refractivity contribution >= 4 is 0 Å². The molecule has 0 aromatic heterocycles. The second-order valence-corrected chi connectivity index (χ2v) is 4.71. The molecule has 2 N–H and O–H groups in total. The summed E-state index contributed by atoms with van der Waals surface area (Å²) in [6.45, 7) is 4.31. The van der Waals surface area contributed by atoms with Crippen molar-refractivity contribution in [3.05, 3.63) is 23.8 Å². The van der Waals surface area contributed by atoms with Crippen LogP contribution in [0.3, 0.4) is 0 Å². The molecule has 0 bridgehead atoms. The Balaban J connectivity index is 2.39. The Morgan fingerprint density at radius 3 is 2.71 bits per heavy atom. The summed E-state index contributed by atoms with van der Waals surface area (Å²) in [7, 11) is 1.66. The fourth-order valence-corrected chi connectivity index (χ4v) is 2.51. The van der Waals surface area contributed by atoms with Gasteiger partial charge < -0.3 is 15.2 Å². The van der Waals surface area contributed by atoms with Crippen molar-refractivity contribution in [3.8, 4) is 11.5 Å². The fourth-order valence-electron chi connectivity index (χ4n) is 2.51. The van der Waals surface area contributed by atoms with Crippen molar-refractivity contribution in [2.75, 3.05) is 7.11 Å². The van der Waals surface area contributed by atoms with Crippen molar-refractivity contribution in [1.29, 1.82) is 0 Å². The summed E-state index contributed by atoms with van der Waals surface area (Å²) in [4.78, 5) is 0. The van der Waals surface area contributed by atoms with Crippen LogP contribution in [0, 0.1) is 0 Å². The first-order valence-electron chi connectivity index (χ1n) is 6.26. The van der Waals surface area contributed by atoms with Crippen LogP contribution in [0.25, 0.3) is 0 Å². The van der Waals surface area contributed by atoms with Gasteiger partial charge in [0.15, 0.2) is 0 Å². The van der Waals surface area contributed by atoms with E-state index in [-0.39, 0.29) is 11.6 Å². The minimum absolute atomic E-state index is 0.0598. The van der Waals surface area contributed by atoms with Crippen LogP contribution < -0.4 is 15.2 Å². The minimum Gasteiger partial charge on any atom is -0.497 e. The maximum Gasteiger partial charge on any atom is 0.128 e. The van der Waals surface area contributed by atoms with Gasteiger partial charge in [0.1, 0.15) is 17.1 Å². The van der Waals surface area contributed by atoms with E-state index in [2.05, 4.69) is 13.8 Å². The van der Waals surface area contributed by atoms with E-state index in [1.54, 1.807) is 7.11 Å². The third-order valence-electron chi connectivity index (χ3n) is 3.83. The summed E-state index contributed by atoms with van der Waals surface area (Å²) >= 11 is 0. The smallest absolute Gasteiger partial charge is 0.128 e. The van der Waals surface area contributed by atoms with E-state index in [0.717, 1.165) is 36.3 Å². The molecular formula is C14H21NO2. The predicted molar refractivity (Wildman–Crippen MR) is 68.5 cm³/mol. The number of rotatable bonds is 3. The zero-order valence-electron chi connectivity index (χ0n) is 10.8. The van der Waals surface area contributed by atoms with E-state index in [4.69, 9.17) is 15.2 Å². The van der Waals surface area contributed by atoms with E-state index in [0.29, 0.717) is 0 Å². The van der Waals surface area contributed by atoms with E-state index >= 15 is 0 Å². The van der Waals surface area contributed by atoms with Crippen LogP contribution in [-0.4, -0.2) is 12.7 Å². The molecule has 3 nitrogen and oxygen atoms in total. The largest absolute Gasteiger partial charge is 0.497 e. The number of nitrogens with two attached hydrogens (primary N) is 1. The summed E-state index contributed by atoms with van der Waals surface area (Å²) in [6.07, 6.45) is 2.85. The number of fused-ring (bicyclic) bond motifs is 1. The molecule has 0 aliphatic carbocycles. The lowest BCUT2D eigenvalue weighted by atomic mass is 9.84. The van der Waals surface area contributed by atoms with Crippen LogP contribution in [-0.2, 0) is 0 Å². The van der Waals surface area contributed by atoms with Crippen molar-refractivity contribution in [1.82, 2.24) is 0 Å². The topological polar surface area (TPSA) is 44.5 Å². The van der Waals surface area contributed by atoms with Crippen LogP contribution in [0.2, 0.25) is 0 Å². The first-order valence-corrected chi connectivity index (χ1v) is 6.26. The summed E-state index contributed by atoms with van der Waals surface area (Å²) < 4.78 is 11.4. The Kier molecular flexibility index (Phi) is 3.29. The lowest BCUT2D eigenvalue weighted by molar-refractivity contribution is 0.0280. The quantitative estimate of drug-likeness (QED) is 0.875. The van der Waals surface area contributed by atoms with Gasteiger partial charge >= 0.3 is 0 Å². The Labute approximate surface area is 103 Å². The van der Waals surface area contributed by atoms with Crippen LogP contribution in [0.5, 0.6) is 11.5 Å². The highest BCUT2D eigenvalue weighted by Crippen LogP contribution is 2.42. The van der Waals surface area contributed by atoms with Gasteiger partial charge in [-0.05, 0) is 18.9 Å². The molecule has 0 saturated heterocycles. The van der Waals surface area contributed by atoms with E-state index in [1.807, 2.05) is 18.2 Å². The van der Waals surface area contributed by atoms with Gasteiger partial charge in [-0.3, -0.25) is 0 Å². The minimum atomic E-state index is -0.112. The van der Waals surface area contributed by atoms with Crippen molar-refractivity contribution in [2.45, 2.75) is 44.8 Å². The molecule has 0 saturated carbocycles. The van der Waals surface area contributed by atoms with Crippen LogP contribution in [0.15, 0.2) is 18.2 Å². The molecule has 1 aliphatic rings. The maximum absolute atomic E-state index is 6.24. The van der Waals surface area contributed by atoms with Gasteiger partial charge in [-0.25, -0.2) is 0 Å². The van der Waals surface area contributed by atoms with E-state index in [9.17, 15) is 0 Å². The molecule has 0 radical (unpaired) electrons. The Bertz CT molecular complexity index is 399. The zero-order chi connectivity index (χ0) is 12.5. The molecule has 0 fully saturated rings. The van der Waals surface area contributed by atoms with Gasteiger partial charge in [0.25, 0.3) is 0 Å².